The van der Waals surface area contributed by atoms with Crippen LogP contribution in [0.4, 0.5) is 5.88 Å². The number of halogens is 1. The van der Waals surface area contributed by atoms with Crippen molar-refractivity contribution >= 4 is 17.5 Å². The summed E-state index contributed by atoms with van der Waals surface area (Å²) in [5, 5.41) is 13.6. The number of nitriles is 1. The Kier molecular flexibility index (Phi) is 7.52. The lowest BCUT2D eigenvalue weighted by Crippen LogP contribution is -2.41. The van der Waals surface area contributed by atoms with Gasteiger partial charge in [0.25, 0.3) is 0 Å². The van der Waals surface area contributed by atoms with Crippen LogP contribution in [-0.4, -0.2) is 42.7 Å². The number of oxazole rings is 1. The molecular weight excluding hydrogens is 480 g/mol. The van der Waals surface area contributed by atoms with Crippen LogP contribution in [0.1, 0.15) is 23.1 Å². The van der Waals surface area contributed by atoms with Crippen LogP contribution in [-0.2, 0) is 11.3 Å². The number of morpholine rings is 1. The molecule has 1 N–H and O–H groups in total. The maximum absolute atomic E-state index is 9.63. The third-order valence-electron chi connectivity index (χ3n) is 6.00. The average Bonchev–Trinajstić information content (AvgIpc) is 3.60. The second-order valence-electron chi connectivity index (χ2n) is 8.27. The molecule has 1 aliphatic rings. The predicted octanol–water partition coefficient (Wildman–Crippen LogP) is 5.52. The number of rotatable bonds is 9. The minimum Gasteiger partial charge on any atom is -0.489 e. The maximum Gasteiger partial charge on any atom is 0.232 e. The third-order valence-corrected chi connectivity index (χ3v) is 6.37. The first-order chi connectivity index (χ1) is 17.7. The average molecular weight is 505 g/mol. The summed E-state index contributed by atoms with van der Waals surface area (Å²) in [6.45, 7) is 3.79. The molecule has 8 nitrogen and oxygen atoms in total. The number of hydrogen-bond acceptors (Lipinski definition) is 8. The zero-order valence-corrected chi connectivity index (χ0v) is 20.3. The second kappa shape index (κ2) is 11.3. The fraction of sp³-hybridized carbons (Fsp3) is 0.259. The lowest BCUT2D eigenvalue weighted by molar-refractivity contribution is 0.0144. The fourth-order valence-electron chi connectivity index (χ4n) is 4.08. The Morgan fingerprint density at radius 2 is 1.89 bits per heavy atom. The number of anilines is 1. The zero-order valence-electron chi connectivity index (χ0n) is 19.5. The SMILES string of the molecule is N#Cc1nc(-c2ccc(OCc3ccccc3Cl)cc2)oc1NC[C@H](c1ccco1)N1CCOCC1. The van der Waals surface area contributed by atoms with Gasteiger partial charge in [-0.2, -0.15) is 10.2 Å². The van der Waals surface area contributed by atoms with E-state index in [9.17, 15) is 5.26 Å². The van der Waals surface area contributed by atoms with Gasteiger partial charge in [-0.1, -0.05) is 29.8 Å². The molecule has 1 aliphatic heterocycles. The van der Waals surface area contributed by atoms with Gasteiger partial charge in [0.1, 0.15) is 24.2 Å². The van der Waals surface area contributed by atoms with E-state index in [-0.39, 0.29) is 11.7 Å². The number of hydrogen-bond donors (Lipinski definition) is 1. The van der Waals surface area contributed by atoms with Crippen molar-refractivity contribution in [2.75, 3.05) is 38.2 Å². The molecule has 0 bridgehead atoms. The summed E-state index contributed by atoms with van der Waals surface area (Å²) in [6, 6.07) is 20.8. The van der Waals surface area contributed by atoms with Crippen molar-refractivity contribution in [3.8, 4) is 23.3 Å². The highest BCUT2D eigenvalue weighted by Crippen LogP contribution is 2.29. The molecule has 0 spiro atoms. The van der Waals surface area contributed by atoms with E-state index in [0.29, 0.717) is 48.9 Å². The van der Waals surface area contributed by atoms with Crippen LogP contribution < -0.4 is 10.1 Å². The first kappa shape index (κ1) is 23.9. The predicted molar refractivity (Wildman–Crippen MR) is 135 cm³/mol. The molecule has 1 atom stereocenters. The van der Waals surface area contributed by atoms with Gasteiger partial charge in [-0.3, -0.25) is 4.90 Å². The van der Waals surface area contributed by atoms with Crippen molar-refractivity contribution in [3.63, 3.8) is 0 Å². The molecule has 9 heteroatoms. The zero-order chi connectivity index (χ0) is 24.7. The van der Waals surface area contributed by atoms with E-state index in [1.165, 1.54) is 0 Å². The standard InChI is InChI=1S/C27H25ClN4O4/c28-22-5-2-1-4-20(22)18-35-21-9-7-19(8-10-21)26-31-23(16-29)27(36-26)30-17-24(25-6-3-13-34-25)32-11-14-33-15-12-32/h1-10,13,24,30H,11-12,14-15,17-18H2/t24-/m1/s1. The molecule has 5 rings (SSSR count). The van der Waals surface area contributed by atoms with Crippen molar-refractivity contribution in [3.05, 3.63) is 89.0 Å². The Bertz CT molecular complexity index is 1310. The van der Waals surface area contributed by atoms with Crippen molar-refractivity contribution in [1.82, 2.24) is 9.88 Å². The van der Waals surface area contributed by atoms with E-state index in [4.69, 9.17) is 29.9 Å². The highest BCUT2D eigenvalue weighted by Gasteiger charge is 2.26. The molecule has 184 valence electrons. The monoisotopic (exact) mass is 504 g/mol. The van der Waals surface area contributed by atoms with Gasteiger partial charge in [-0.05, 0) is 42.5 Å². The van der Waals surface area contributed by atoms with E-state index in [0.717, 1.165) is 30.0 Å². The normalized spacial score (nSPS) is 14.8. The summed E-state index contributed by atoms with van der Waals surface area (Å²) < 4.78 is 23.0. The van der Waals surface area contributed by atoms with Crippen LogP contribution >= 0.6 is 11.6 Å². The Morgan fingerprint density at radius 1 is 1.08 bits per heavy atom. The van der Waals surface area contributed by atoms with Crippen molar-refractivity contribution in [2.45, 2.75) is 12.6 Å². The molecule has 0 amide bonds. The summed E-state index contributed by atoms with van der Waals surface area (Å²) >= 11 is 6.20. The van der Waals surface area contributed by atoms with Crippen LogP contribution in [0.25, 0.3) is 11.5 Å². The molecule has 3 heterocycles. The molecule has 2 aromatic heterocycles. The van der Waals surface area contributed by atoms with E-state index >= 15 is 0 Å². The Hall–Kier alpha value is -3.77. The molecule has 1 fully saturated rings. The summed E-state index contributed by atoms with van der Waals surface area (Å²) in [5.41, 5.74) is 1.85. The lowest BCUT2D eigenvalue weighted by atomic mass is 10.1. The van der Waals surface area contributed by atoms with E-state index in [1.807, 2.05) is 60.7 Å². The Balaban J connectivity index is 1.27. The maximum atomic E-state index is 9.63. The van der Waals surface area contributed by atoms with Crippen LogP contribution in [0.5, 0.6) is 5.75 Å². The number of furan rings is 1. The number of nitrogens with zero attached hydrogens (tertiary/aromatic N) is 3. The first-order valence-electron chi connectivity index (χ1n) is 11.7. The second-order valence-corrected chi connectivity index (χ2v) is 8.68. The van der Waals surface area contributed by atoms with Crippen LogP contribution in [0.2, 0.25) is 5.02 Å². The van der Waals surface area contributed by atoms with Gasteiger partial charge >= 0.3 is 0 Å². The molecule has 0 aliphatic carbocycles. The van der Waals surface area contributed by atoms with Crippen LogP contribution in [0, 0.1) is 11.3 Å². The van der Waals surface area contributed by atoms with Crippen LogP contribution in [0.15, 0.2) is 75.8 Å². The largest absolute Gasteiger partial charge is 0.489 e. The number of benzene rings is 2. The van der Waals surface area contributed by atoms with E-state index in [1.54, 1.807) is 6.26 Å². The smallest absolute Gasteiger partial charge is 0.232 e. The van der Waals surface area contributed by atoms with Gasteiger partial charge in [0.05, 0.1) is 25.5 Å². The molecule has 2 aromatic carbocycles. The molecule has 4 aromatic rings. The summed E-state index contributed by atoms with van der Waals surface area (Å²) in [5.74, 6) is 2.22. The third kappa shape index (κ3) is 5.55. The topological polar surface area (TPSA) is 96.7 Å². The van der Waals surface area contributed by atoms with Gasteiger partial charge in [-0.25, -0.2) is 0 Å². The van der Waals surface area contributed by atoms with Crippen molar-refractivity contribution < 1.29 is 18.3 Å². The van der Waals surface area contributed by atoms with E-state index < -0.39 is 0 Å². The van der Waals surface area contributed by atoms with Crippen molar-refractivity contribution in [1.29, 1.82) is 5.26 Å². The quantitative estimate of drug-likeness (QED) is 0.318. The Morgan fingerprint density at radius 3 is 2.61 bits per heavy atom. The van der Waals surface area contributed by atoms with Gasteiger partial charge < -0.3 is 23.6 Å². The lowest BCUT2D eigenvalue weighted by Gasteiger charge is -2.33. The van der Waals surface area contributed by atoms with Crippen LogP contribution in [0.3, 0.4) is 0 Å². The molecular formula is C27H25ClN4O4. The molecule has 36 heavy (non-hydrogen) atoms. The minimum absolute atomic E-state index is 0.0291. The highest BCUT2D eigenvalue weighted by atomic mass is 35.5. The number of nitrogens with one attached hydrogen (secondary N) is 1. The molecule has 0 radical (unpaired) electrons. The highest BCUT2D eigenvalue weighted by molar-refractivity contribution is 6.31. The number of ether oxygens (including phenoxy) is 2. The summed E-state index contributed by atoms with van der Waals surface area (Å²) in [4.78, 5) is 6.67. The molecule has 0 unspecified atom stereocenters. The first-order valence-corrected chi connectivity index (χ1v) is 12.1. The molecule has 1 saturated heterocycles. The van der Waals surface area contributed by atoms with Gasteiger partial charge in [0.15, 0.2) is 0 Å². The number of aromatic nitrogens is 1. The Labute approximate surface area is 214 Å². The van der Waals surface area contributed by atoms with Gasteiger partial charge in [-0.15, -0.1) is 0 Å². The fourth-order valence-corrected chi connectivity index (χ4v) is 4.27. The summed E-state index contributed by atoms with van der Waals surface area (Å²) in [6.07, 6.45) is 1.66. The van der Waals surface area contributed by atoms with Gasteiger partial charge in [0.2, 0.25) is 17.5 Å². The van der Waals surface area contributed by atoms with Crippen molar-refractivity contribution in [2.24, 2.45) is 0 Å². The molecule has 0 saturated carbocycles. The summed E-state index contributed by atoms with van der Waals surface area (Å²) in [7, 11) is 0. The van der Waals surface area contributed by atoms with Gasteiger partial charge in [0, 0.05) is 35.8 Å². The minimum atomic E-state index is -0.0291. The van der Waals surface area contributed by atoms with E-state index in [2.05, 4.69) is 21.3 Å².